The number of esters is 1. The molecule has 30 heavy (non-hydrogen) atoms. The van der Waals surface area contributed by atoms with Crippen LogP contribution in [0, 0.1) is 22.0 Å². The molecule has 0 radical (unpaired) electrons. The van der Waals surface area contributed by atoms with Gasteiger partial charge in [-0.25, -0.2) is 0 Å². The minimum absolute atomic E-state index is 0.0872. The predicted octanol–water partition coefficient (Wildman–Crippen LogP) is 1.26. The van der Waals surface area contributed by atoms with Gasteiger partial charge in [0.05, 0.1) is 29.9 Å². The summed E-state index contributed by atoms with van der Waals surface area (Å²) in [5.74, 6) is -2.97. The molecule has 2 fully saturated rings. The summed E-state index contributed by atoms with van der Waals surface area (Å²) in [6, 6.07) is 3.87. The van der Waals surface area contributed by atoms with Crippen LogP contribution >= 0.6 is 0 Å². The number of hydrogen-bond acceptors (Lipinski definition) is 8. The largest absolute Gasteiger partial charge is 0.496 e. The number of methoxy groups -OCH3 is 1. The van der Waals surface area contributed by atoms with Crippen molar-refractivity contribution in [3.8, 4) is 5.75 Å². The lowest BCUT2D eigenvalue weighted by Gasteiger charge is -2.19. The van der Waals surface area contributed by atoms with Gasteiger partial charge in [0.15, 0.2) is 6.61 Å². The van der Waals surface area contributed by atoms with E-state index >= 15 is 0 Å². The van der Waals surface area contributed by atoms with Gasteiger partial charge in [0.2, 0.25) is 11.8 Å². The Kier molecular flexibility index (Phi) is 6.28. The van der Waals surface area contributed by atoms with E-state index in [1.165, 1.54) is 19.2 Å². The maximum absolute atomic E-state index is 12.4. The van der Waals surface area contributed by atoms with Crippen molar-refractivity contribution in [1.82, 2.24) is 4.90 Å². The third-order valence-corrected chi connectivity index (χ3v) is 5.26. The maximum atomic E-state index is 12.4. The number of nitro benzene ring substituents is 1. The molecule has 0 bridgehead atoms. The highest BCUT2D eigenvalue weighted by Gasteiger charge is 2.48. The van der Waals surface area contributed by atoms with Gasteiger partial charge in [-0.2, -0.15) is 0 Å². The first-order valence-electron chi connectivity index (χ1n) is 9.45. The van der Waals surface area contributed by atoms with Gasteiger partial charge in [-0.05, 0) is 25.0 Å². The van der Waals surface area contributed by atoms with E-state index in [4.69, 9.17) is 9.47 Å². The van der Waals surface area contributed by atoms with Gasteiger partial charge >= 0.3 is 5.97 Å². The molecule has 3 rings (SSSR count). The molecule has 1 saturated carbocycles. The van der Waals surface area contributed by atoms with Crippen molar-refractivity contribution in [1.29, 1.82) is 0 Å². The molecule has 0 aromatic heterocycles. The Morgan fingerprint density at radius 1 is 1.20 bits per heavy atom. The molecule has 1 N–H and O–H groups in total. The summed E-state index contributed by atoms with van der Waals surface area (Å²) in [7, 11) is 1.35. The van der Waals surface area contributed by atoms with Crippen LogP contribution < -0.4 is 10.1 Å². The summed E-state index contributed by atoms with van der Waals surface area (Å²) >= 11 is 0. The van der Waals surface area contributed by atoms with E-state index in [1.54, 1.807) is 0 Å². The molecule has 0 spiro atoms. The van der Waals surface area contributed by atoms with Crippen LogP contribution in [-0.2, 0) is 23.9 Å². The third-order valence-electron chi connectivity index (χ3n) is 5.26. The molecule has 1 aromatic carbocycles. The minimum Gasteiger partial charge on any atom is -0.496 e. The quantitative estimate of drug-likeness (QED) is 0.301. The number of nitrogens with one attached hydrogen (secondary N) is 1. The highest BCUT2D eigenvalue weighted by atomic mass is 16.6. The molecule has 1 saturated heterocycles. The average molecular weight is 419 g/mol. The molecule has 1 aliphatic carbocycles. The number of fused-ring (bicyclic) bond motifs is 1. The van der Waals surface area contributed by atoms with Gasteiger partial charge in [-0.3, -0.25) is 34.2 Å². The Labute approximate surface area is 171 Å². The Morgan fingerprint density at radius 2 is 1.83 bits per heavy atom. The molecule has 1 heterocycles. The van der Waals surface area contributed by atoms with Gasteiger partial charge in [0.25, 0.3) is 11.6 Å². The van der Waals surface area contributed by atoms with Crippen molar-refractivity contribution in [3.63, 3.8) is 0 Å². The van der Waals surface area contributed by atoms with Crippen LogP contribution in [-0.4, -0.2) is 53.8 Å². The second kappa shape index (κ2) is 8.89. The van der Waals surface area contributed by atoms with Crippen LogP contribution in [0.25, 0.3) is 0 Å². The number of rotatable bonds is 7. The summed E-state index contributed by atoms with van der Waals surface area (Å²) in [5.41, 5.74) is -0.472. The first-order chi connectivity index (χ1) is 14.3. The lowest BCUT2D eigenvalue weighted by atomic mass is 9.81. The Morgan fingerprint density at radius 3 is 2.40 bits per heavy atom. The Balaban J connectivity index is 1.54. The van der Waals surface area contributed by atoms with E-state index in [2.05, 4.69) is 5.32 Å². The highest BCUT2D eigenvalue weighted by Crippen LogP contribution is 2.37. The minimum atomic E-state index is -0.908. The molecule has 3 amide bonds. The first kappa shape index (κ1) is 21.2. The second-order valence-electron chi connectivity index (χ2n) is 7.11. The number of carbonyl (C=O) groups excluding carboxylic acids is 4. The molecule has 11 heteroatoms. The van der Waals surface area contributed by atoms with Gasteiger partial charge < -0.3 is 14.8 Å². The van der Waals surface area contributed by atoms with Crippen LogP contribution in [0.1, 0.15) is 25.7 Å². The number of likely N-dealkylation sites (tertiary alicyclic amines) is 1. The lowest BCUT2D eigenvalue weighted by molar-refractivity contribution is -0.384. The van der Waals surface area contributed by atoms with Crippen molar-refractivity contribution in [3.05, 3.63) is 28.3 Å². The van der Waals surface area contributed by atoms with Gasteiger partial charge in [-0.1, -0.05) is 12.8 Å². The number of benzene rings is 1. The van der Waals surface area contributed by atoms with Gasteiger partial charge in [0.1, 0.15) is 18.0 Å². The molecular weight excluding hydrogens is 398 g/mol. The molecule has 1 aliphatic heterocycles. The van der Waals surface area contributed by atoms with E-state index in [0.29, 0.717) is 12.8 Å². The monoisotopic (exact) mass is 419 g/mol. The summed E-state index contributed by atoms with van der Waals surface area (Å²) in [5, 5.41) is 13.4. The van der Waals surface area contributed by atoms with Crippen molar-refractivity contribution >= 4 is 35.1 Å². The average Bonchev–Trinajstić information content (AvgIpc) is 2.97. The van der Waals surface area contributed by atoms with E-state index in [9.17, 15) is 29.3 Å². The van der Waals surface area contributed by atoms with E-state index in [0.717, 1.165) is 23.8 Å². The SMILES string of the molecule is COc1ccc(NC(=O)COC(=O)CN2C(=O)[C@H]3CCCC[C@H]3C2=O)c([N+](=O)[O-])c1. The van der Waals surface area contributed by atoms with E-state index < -0.39 is 30.0 Å². The normalized spacial score (nSPS) is 20.5. The molecule has 11 nitrogen and oxygen atoms in total. The van der Waals surface area contributed by atoms with Crippen LogP contribution in [0.15, 0.2) is 18.2 Å². The molecule has 1 aromatic rings. The van der Waals surface area contributed by atoms with E-state index in [1.807, 2.05) is 0 Å². The lowest BCUT2D eigenvalue weighted by Crippen LogP contribution is -2.37. The number of anilines is 1. The number of amides is 3. The summed E-state index contributed by atoms with van der Waals surface area (Å²) in [6.45, 7) is -1.27. The number of nitrogens with zero attached hydrogens (tertiary/aromatic N) is 2. The number of hydrogen-bond donors (Lipinski definition) is 1. The summed E-state index contributed by atoms with van der Waals surface area (Å²) in [6.07, 6.45) is 3.00. The number of imide groups is 1. The zero-order valence-corrected chi connectivity index (χ0v) is 16.3. The van der Waals surface area contributed by atoms with Crippen molar-refractivity contribution < 1.29 is 33.6 Å². The Bertz CT molecular complexity index is 876. The van der Waals surface area contributed by atoms with Crippen LogP contribution in [0.4, 0.5) is 11.4 Å². The molecule has 0 unspecified atom stereocenters. The number of nitro groups is 1. The zero-order chi connectivity index (χ0) is 21.8. The highest BCUT2D eigenvalue weighted by molar-refractivity contribution is 6.07. The van der Waals surface area contributed by atoms with E-state index in [-0.39, 0.29) is 40.8 Å². The first-order valence-corrected chi connectivity index (χ1v) is 9.45. The topological polar surface area (TPSA) is 145 Å². The van der Waals surface area contributed by atoms with Crippen molar-refractivity contribution in [2.24, 2.45) is 11.8 Å². The predicted molar refractivity (Wildman–Crippen MR) is 101 cm³/mol. The van der Waals surface area contributed by atoms with Gasteiger partial charge in [-0.15, -0.1) is 0 Å². The fraction of sp³-hybridized carbons (Fsp3) is 0.474. The van der Waals surface area contributed by atoms with Crippen LogP contribution in [0.2, 0.25) is 0 Å². The summed E-state index contributed by atoms with van der Waals surface area (Å²) in [4.78, 5) is 60.1. The van der Waals surface area contributed by atoms with Crippen molar-refractivity contribution in [2.75, 3.05) is 25.6 Å². The maximum Gasteiger partial charge on any atom is 0.326 e. The molecule has 2 aliphatic rings. The smallest absolute Gasteiger partial charge is 0.326 e. The standard InChI is InChI=1S/C19H21N3O8/c1-29-11-6-7-14(15(8-11)22(27)28)20-16(23)10-30-17(24)9-21-18(25)12-4-2-3-5-13(12)19(21)26/h6-8,12-13H,2-5,9-10H2,1H3,(H,20,23)/t12-,13+. The fourth-order valence-electron chi connectivity index (χ4n) is 3.79. The van der Waals surface area contributed by atoms with Crippen LogP contribution in [0.5, 0.6) is 5.75 Å². The van der Waals surface area contributed by atoms with Crippen molar-refractivity contribution in [2.45, 2.75) is 25.7 Å². The molecule has 160 valence electrons. The number of carbonyl (C=O) groups is 4. The van der Waals surface area contributed by atoms with Crippen LogP contribution in [0.3, 0.4) is 0 Å². The van der Waals surface area contributed by atoms with Gasteiger partial charge in [0, 0.05) is 0 Å². The second-order valence-corrected chi connectivity index (χ2v) is 7.11. The fourth-order valence-corrected chi connectivity index (χ4v) is 3.79. The molecule has 2 atom stereocenters. The number of ether oxygens (including phenoxy) is 2. The third kappa shape index (κ3) is 4.39. The summed E-state index contributed by atoms with van der Waals surface area (Å²) < 4.78 is 9.76. The Hall–Kier alpha value is -3.50. The molecular formula is C19H21N3O8. The zero-order valence-electron chi connectivity index (χ0n) is 16.3.